The number of aliphatic hydroxyl groups is 1. The first-order valence-electron chi connectivity index (χ1n) is 13.4. The van der Waals surface area contributed by atoms with E-state index >= 15 is 0 Å². The number of thiazole rings is 1. The van der Waals surface area contributed by atoms with E-state index < -0.39 is 17.7 Å². The van der Waals surface area contributed by atoms with Crippen LogP contribution in [0.25, 0.3) is 16.0 Å². The number of aliphatic hydroxyl groups excluding tert-OH is 1. The fourth-order valence-electron chi connectivity index (χ4n) is 5.20. The lowest BCUT2D eigenvalue weighted by atomic mass is 9.94. The van der Waals surface area contributed by atoms with Crippen LogP contribution < -0.4 is 33.3 Å². The summed E-state index contributed by atoms with van der Waals surface area (Å²) in [7, 11) is 4.42. The van der Waals surface area contributed by atoms with Gasteiger partial charge in [0.2, 0.25) is 5.75 Å². The number of carbonyl (C=O) groups excluding carboxylic acids is 2. The van der Waals surface area contributed by atoms with Crippen LogP contribution in [0, 0.1) is 0 Å². The average molecular weight is 605 g/mol. The van der Waals surface area contributed by atoms with Crippen LogP contribution in [0.2, 0.25) is 0 Å². The Morgan fingerprint density at radius 2 is 1.70 bits per heavy atom. The molecule has 43 heavy (non-hydrogen) atoms. The summed E-state index contributed by atoms with van der Waals surface area (Å²) >= 11 is 1.23. The van der Waals surface area contributed by atoms with E-state index in [1.54, 1.807) is 42.5 Å². The monoisotopic (exact) mass is 604 g/mol. The number of ketones is 1. The second-order valence-electron chi connectivity index (χ2n) is 9.55. The fraction of sp³-hybridized carbons (Fsp3) is 0.258. The Bertz CT molecular complexity index is 1760. The van der Waals surface area contributed by atoms with Gasteiger partial charge in [-0.25, -0.2) is 4.98 Å². The molecule has 0 spiro atoms. The summed E-state index contributed by atoms with van der Waals surface area (Å²) in [5.74, 6) is 0.460. The summed E-state index contributed by atoms with van der Waals surface area (Å²) in [6.45, 7) is 3.13. The van der Waals surface area contributed by atoms with Crippen molar-refractivity contribution in [1.82, 2.24) is 4.98 Å². The molecule has 2 aliphatic rings. The Morgan fingerprint density at radius 1 is 0.977 bits per heavy atom. The molecule has 1 aromatic heterocycles. The molecule has 0 saturated carbocycles. The summed E-state index contributed by atoms with van der Waals surface area (Å²) < 4.78 is 34.3. The van der Waals surface area contributed by atoms with E-state index in [0.29, 0.717) is 65.4 Å². The molecule has 0 aliphatic carbocycles. The van der Waals surface area contributed by atoms with Gasteiger partial charge in [-0.15, -0.1) is 0 Å². The van der Waals surface area contributed by atoms with Crippen LogP contribution in [0.3, 0.4) is 0 Å². The van der Waals surface area contributed by atoms with E-state index in [1.807, 2.05) is 13.0 Å². The van der Waals surface area contributed by atoms with Gasteiger partial charge < -0.3 is 33.5 Å². The van der Waals surface area contributed by atoms with Gasteiger partial charge in [0.15, 0.2) is 28.1 Å². The minimum absolute atomic E-state index is 0.134. The molecular formula is C31H28N2O9S. The van der Waals surface area contributed by atoms with Gasteiger partial charge >= 0.3 is 5.91 Å². The van der Waals surface area contributed by atoms with E-state index in [1.165, 1.54) is 37.6 Å². The van der Waals surface area contributed by atoms with Crippen LogP contribution in [0.1, 0.15) is 24.1 Å². The molecule has 1 unspecified atom stereocenters. The smallest absolute Gasteiger partial charge is 0.301 e. The lowest BCUT2D eigenvalue weighted by Gasteiger charge is -2.25. The molecule has 1 atom stereocenters. The number of hydrogen-bond acceptors (Lipinski definition) is 11. The Hall–Kier alpha value is -4.97. The first-order chi connectivity index (χ1) is 20.9. The van der Waals surface area contributed by atoms with Crippen LogP contribution in [0.4, 0.5) is 5.13 Å². The predicted octanol–water partition coefficient (Wildman–Crippen LogP) is 5.12. The lowest BCUT2D eigenvalue weighted by molar-refractivity contribution is -0.132. The van der Waals surface area contributed by atoms with E-state index in [9.17, 15) is 14.7 Å². The maximum Gasteiger partial charge on any atom is 0.301 e. The molecule has 12 heteroatoms. The molecule has 222 valence electrons. The van der Waals surface area contributed by atoms with Gasteiger partial charge in [0, 0.05) is 5.56 Å². The molecule has 0 bridgehead atoms. The number of rotatable bonds is 8. The van der Waals surface area contributed by atoms with Crippen molar-refractivity contribution in [2.75, 3.05) is 46.0 Å². The molecule has 3 heterocycles. The third-order valence-electron chi connectivity index (χ3n) is 7.13. The number of hydrogen-bond donors (Lipinski definition) is 1. The van der Waals surface area contributed by atoms with Gasteiger partial charge in [0.1, 0.15) is 24.7 Å². The summed E-state index contributed by atoms with van der Waals surface area (Å²) in [6, 6.07) is 12.4. The number of ether oxygens (including phenoxy) is 6. The molecule has 0 radical (unpaired) electrons. The van der Waals surface area contributed by atoms with Crippen LogP contribution >= 0.6 is 11.3 Å². The molecule has 11 nitrogen and oxygen atoms in total. The zero-order chi connectivity index (χ0) is 30.2. The number of benzene rings is 3. The Morgan fingerprint density at radius 3 is 2.37 bits per heavy atom. The van der Waals surface area contributed by atoms with E-state index in [2.05, 4.69) is 4.98 Å². The largest absolute Gasteiger partial charge is 0.507 e. The Balaban J connectivity index is 1.57. The molecule has 2 aliphatic heterocycles. The van der Waals surface area contributed by atoms with Gasteiger partial charge in [-0.3, -0.25) is 14.5 Å². The molecule has 1 fully saturated rings. The second-order valence-corrected chi connectivity index (χ2v) is 10.6. The summed E-state index contributed by atoms with van der Waals surface area (Å²) in [4.78, 5) is 33.5. The number of nitrogens with zero attached hydrogens (tertiary/aromatic N) is 2. The number of carbonyl (C=O) groups is 2. The predicted molar refractivity (Wildman–Crippen MR) is 159 cm³/mol. The highest BCUT2D eigenvalue weighted by Gasteiger charge is 2.48. The fourth-order valence-corrected chi connectivity index (χ4v) is 6.22. The normalized spacial score (nSPS) is 17.3. The van der Waals surface area contributed by atoms with Crippen molar-refractivity contribution in [2.24, 2.45) is 0 Å². The third-order valence-corrected chi connectivity index (χ3v) is 8.15. The van der Waals surface area contributed by atoms with Crippen LogP contribution in [-0.2, 0) is 9.59 Å². The zero-order valence-corrected chi connectivity index (χ0v) is 24.6. The Labute approximate surface area is 250 Å². The minimum atomic E-state index is -1.09. The van der Waals surface area contributed by atoms with Crippen LogP contribution in [0.5, 0.6) is 34.5 Å². The molecular weight excluding hydrogens is 576 g/mol. The molecule has 1 amide bonds. The number of aromatic nitrogens is 1. The minimum Gasteiger partial charge on any atom is -0.507 e. The van der Waals surface area contributed by atoms with Crippen molar-refractivity contribution in [3.63, 3.8) is 0 Å². The summed E-state index contributed by atoms with van der Waals surface area (Å²) in [6.07, 6.45) is 0. The van der Waals surface area contributed by atoms with Gasteiger partial charge in [-0.05, 0) is 61.0 Å². The van der Waals surface area contributed by atoms with Gasteiger partial charge in [-0.2, -0.15) is 0 Å². The quantitative estimate of drug-likeness (QED) is 0.165. The summed E-state index contributed by atoms with van der Waals surface area (Å²) in [5, 5.41) is 11.9. The molecule has 1 saturated heterocycles. The number of methoxy groups -OCH3 is 3. The second kappa shape index (κ2) is 11.4. The average Bonchev–Trinajstić information content (AvgIpc) is 3.57. The van der Waals surface area contributed by atoms with Crippen molar-refractivity contribution in [3.05, 3.63) is 65.2 Å². The van der Waals surface area contributed by atoms with E-state index in [0.717, 1.165) is 4.70 Å². The van der Waals surface area contributed by atoms with E-state index in [-0.39, 0.29) is 22.0 Å². The standard InChI is InChI=1S/C31H28N2O9S/c1-5-40-18-7-8-19-24(15-18)43-31(32-19)33-26(17-13-22(37-2)29(39-4)23(14-17)38-3)25(28(35)30(33)36)27(34)16-6-9-20-21(12-16)42-11-10-41-20/h6-9,12-15,26,34H,5,10-11H2,1-4H3. The summed E-state index contributed by atoms with van der Waals surface area (Å²) in [5.41, 5.74) is 1.21. The van der Waals surface area contributed by atoms with Gasteiger partial charge in [-0.1, -0.05) is 11.3 Å². The molecule has 6 rings (SSSR count). The first-order valence-corrected chi connectivity index (χ1v) is 14.2. The highest BCUT2D eigenvalue weighted by atomic mass is 32.1. The topological polar surface area (TPSA) is 126 Å². The van der Waals surface area contributed by atoms with Crippen LogP contribution in [0.15, 0.2) is 54.1 Å². The number of Topliss-reactive ketones (excluding diaryl/α,β-unsaturated/α-hetero) is 1. The maximum absolute atomic E-state index is 13.8. The first kappa shape index (κ1) is 28.2. The number of fused-ring (bicyclic) bond motifs is 2. The van der Waals surface area contributed by atoms with Crippen molar-refractivity contribution in [3.8, 4) is 34.5 Å². The maximum atomic E-state index is 13.8. The van der Waals surface area contributed by atoms with Crippen molar-refractivity contribution < 1.29 is 43.1 Å². The molecule has 3 aromatic carbocycles. The van der Waals surface area contributed by atoms with Crippen LogP contribution in [-0.4, -0.2) is 62.9 Å². The van der Waals surface area contributed by atoms with E-state index in [4.69, 9.17) is 28.4 Å². The molecule has 1 N–H and O–H groups in total. The highest BCUT2D eigenvalue weighted by Crippen LogP contribution is 2.48. The molecule has 4 aromatic rings. The van der Waals surface area contributed by atoms with Gasteiger partial charge in [0.25, 0.3) is 5.78 Å². The van der Waals surface area contributed by atoms with Crippen molar-refractivity contribution in [1.29, 1.82) is 0 Å². The SMILES string of the molecule is CCOc1ccc2nc(N3C(=O)C(=O)C(=C(O)c4ccc5c(c4)OCCO5)C3c3cc(OC)c(OC)c(OC)c3)sc2c1. The lowest BCUT2D eigenvalue weighted by Crippen LogP contribution is -2.29. The highest BCUT2D eigenvalue weighted by molar-refractivity contribution is 7.22. The zero-order valence-electron chi connectivity index (χ0n) is 23.8. The third kappa shape index (κ3) is 4.83. The number of amides is 1. The van der Waals surface area contributed by atoms with Crippen molar-refractivity contribution in [2.45, 2.75) is 13.0 Å². The number of anilines is 1. The Kier molecular flexibility index (Phi) is 7.45. The van der Waals surface area contributed by atoms with Crippen molar-refractivity contribution >= 4 is 44.1 Å². The van der Waals surface area contributed by atoms with Gasteiger partial charge in [0.05, 0.1) is 49.8 Å².